The first kappa shape index (κ1) is 23.1. The van der Waals surface area contributed by atoms with Crippen molar-refractivity contribution in [2.75, 3.05) is 11.5 Å². The molecule has 1 saturated heterocycles. The van der Waals surface area contributed by atoms with E-state index in [1.54, 1.807) is 11.5 Å². The fourth-order valence-electron chi connectivity index (χ4n) is 3.08. The minimum Gasteiger partial charge on any atom is -0.477 e. The SMILES string of the molecule is Nc1nc(/C(=N/O)C(=O)N[C@@H]2C(=O)N3C(C(=O)O)=C(C=CSc4cn[nH]n4)CS[C@H]23)c(Cl)s1. The fourth-order valence-corrected chi connectivity index (χ4v) is 5.90. The van der Waals surface area contributed by atoms with Gasteiger partial charge in [0.15, 0.2) is 10.8 Å². The predicted octanol–water partition coefficient (Wildman–Crippen LogP) is 0.720. The first-order valence-corrected chi connectivity index (χ1v) is 12.0. The van der Waals surface area contributed by atoms with Crippen molar-refractivity contribution in [2.24, 2.45) is 5.16 Å². The average Bonchev–Trinajstić information content (AvgIpc) is 3.41. The number of fused-ring (bicyclic) bond motifs is 1. The maximum absolute atomic E-state index is 12.8. The number of hydrogen-bond donors (Lipinski definition) is 5. The lowest BCUT2D eigenvalue weighted by Crippen LogP contribution is -2.71. The number of H-pyrrole nitrogens is 1. The molecule has 0 aromatic carbocycles. The molecular weight excluding hydrogens is 516 g/mol. The molecule has 13 nitrogen and oxygen atoms in total. The molecule has 0 radical (unpaired) electrons. The van der Waals surface area contributed by atoms with Crippen LogP contribution in [0.4, 0.5) is 5.13 Å². The average molecular weight is 529 g/mol. The largest absolute Gasteiger partial charge is 0.477 e. The Hall–Kier alpha value is -3.08. The lowest BCUT2D eigenvalue weighted by Gasteiger charge is -2.49. The molecule has 2 aromatic heterocycles. The number of nitrogens with one attached hydrogen (secondary N) is 2. The zero-order valence-corrected chi connectivity index (χ0v) is 19.3. The molecule has 0 bridgehead atoms. The number of anilines is 1. The van der Waals surface area contributed by atoms with E-state index in [1.807, 2.05) is 0 Å². The zero-order valence-electron chi connectivity index (χ0n) is 16.1. The molecule has 17 heteroatoms. The van der Waals surface area contributed by atoms with E-state index in [0.717, 1.165) is 16.2 Å². The Morgan fingerprint density at radius 1 is 1.48 bits per heavy atom. The third kappa shape index (κ3) is 4.41. The number of thiazole rings is 1. The Kier molecular flexibility index (Phi) is 6.59. The molecule has 2 amide bonds. The van der Waals surface area contributed by atoms with E-state index in [4.69, 9.17) is 17.3 Å². The summed E-state index contributed by atoms with van der Waals surface area (Å²) in [4.78, 5) is 42.2. The first-order chi connectivity index (χ1) is 15.8. The van der Waals surface area contributed by atoms with Gasteiger partial charge in [0.1, 0.15) is 32.2 Å². The lowest BCUT2D eigenvalue weighted by atomic mass is 10.0. The van der Waals surface area contributed by atoms with Crippen molar-refractivity contribution in [2.45, 2.75) is 16.4 Å². The highest BCUT2D eigenvalue weighted by Gasteiger charge is 2.54. The quantitative estimate of drug-likeness (QED) is 0.111. The van der Waals surface area contributed by atoms with Crippen LogP contribution in [0.5, 0.6) is 0 Å². The van der Waals surface area contributed by atoms with Gasteiger partial charge >= 0.3 is 5.97 Å². The van der Waals surface area contributed by atoms with Gasteiger partial charge in [-0.3, -0.25) is 14.5 Å². The third-order valence-corrected chi connectivity index (χ3v) is 7.58. The minimum atomic E-state index is -1.27. The number of rotatable bonds is 7. The van der Waals surface area contributed by atoms with Gasteiger partial charge in [0, 0.05) is 5.75 Å². The van der Waals surface area contributed by atoms with Crippen LogP contribution >= 0.6 is 46.5 Å². The number of aromatic nitrogens is 4. The minimum absolute atomic E-state index is 0.0417. The number of halogens is 1. The van der Waals surface area contributed by atoms with Crippen LogP contribution in [0.2, 0.25) is 4.34 Å². The van der Waals surface area contributed by atoms with Gasteiger partial charge in [-0.15, -0.1) is 16.9 Å². The van der Waals surface area contributed by atoms with Crippen molar-refractivity contribution in [3.8, 4) is 0 Å². The van der Waals surface area contributed by atoms with Crippen LogP contribution in [0.25, 0.3) is 0 Å². The lowest BCUT2D eigenvalue weighted by molar-refractivity contribution is -0.150. The van der Waals surface area contributed by atoms with Crippen molar-refractivity contribution < 1.29 is 24.7 Å². The van der Waals surface area contributed by atoms with Gasteiger partial charge in [0.2, 0.25) is 0 Å². The van der Waals surface area contributed by atoms with E-state index in [0.29, 0.717) is 10.6 Å². The molecular formula is C16H13ClN8O5S3. The van der Waals surface area contributed by atoms with Crippen molar-refractivity contribution in [1.29, 1.82) is 0 Å². The molecule has 2 aliphatic heterocycles. The van der Waals surface area contributed by atoms with Crippen LogP contribution < -0.4 is 11.1 Å². The molecule has 2 aromatic rings. The summed E-state index contributed by atoms with van der Waals surface area (Å²) in [6.45, 7) is 0. The van der Waals surface area contributed by atoms with Crippen LogP contribution in [-0.2, 0) is 14.4 Å². The maximum Gasteiger partial charge on any atom is 0.352 e. The van der Waals surface area contributed by atoms with Gasteiger partial charge in [-0.1, -0.05) is 39.9 Å². The summed E-state index contributed by atoms with van der Waals surface area (Å²) in [5.74, 6) is -2.51. The summed E-state index contributed by atoms with van der Waals surface area (Å²) >= 11 is 9.36. The molecule has 1 fully saturated rings. The number of hydrogen-bond acceptors (Lipinski definition) is 12. The van der Waals surface area contributed by atoms with Gasteiger partial charge in [0.25, 0.3) is 11.8 Å². The van der Waals surface area contributed by atoms with E-state index in [-0.39, 0.29) is 26.6 Å². The monoisotopic (exact) mass is 528 g/mol. The highest BCUT2D eigenvalue weighted by atomic mass is 35.5. The molecule has 0 unspecified atom stereocenters. The number of nitrogens with two attached hydrogens (primary N) is 1. The van der Waals surface area contributed by atoms with Crippen LogP contribution in [0.3, 0.4) is 0 Å². The number of carbonyl (C=O) groups excluding carboxylic acids is 2. The normalized spacial score (nSPS) is 20.7. The number of thioether (sulfide) groups is 2. The van der Waals surface area contributed by atoms with Gasteiger partial charge in [-0.2, -0.15) is 10.3 Å². The van der Waals surface area contributed by atoms with E-state index in [1.165, 1.54) is 29.7 Å². The molecule has 2 atom stereocenters. The second-order valence-electron chi connectivity index (χ2n) is 6.39. The topological polar surface area (TPSA) is 200 Å². The van der Waals surface area contributed by atoms with Gasteiger partial charge < -0.3 is 21.4 Å². The number of nitrogen functional groups attached to an aromatic ring is 1. The second-order valence-corrected chi connectivity index (χ2v) is 10.1. The van der Waals surface area contributed by atoms with E-state index >= 15 is 0 Å². The predicted molar refractivity (Wildman–Crippen MR) is 121 cm³/mol. The van der Waals surface area contributed by atoms with Gasteiger partial charge in [-0.25, -0.2) is 9.78 Å². The molecule has 0 spiro atoms. The Labute approximate surface area is 202 Å². The highest BCUT2D eigenvalue weighted by molar-refractivity contribution is 8.02. The van der Waals surface area contributed by atoms with E-state index < -0.39 is 34.9 Å². The van der Waals surface area contributed by atoms with Crippen LogP contribution in [0.15, 0.2) is 39.1 Å². The molecule has 6 N–H and O–H groups in total. The maximum atomic E-state index is 12.8. The second kappa shape index (κ2) is 9.42. The van der Waals surface area contributed by atoms with Gasteiger partial charge in [0.05, 0.1) is 6.20 Å². The Bertz CT molecular complexity index is 1210. The molecule has 4 heterocycles. The third-order valence-electron chi connectivity index (χ3n) is 4.48. The number of β-lactam (4-membered cyclic amide) rings is 1. The summed E-state index contributed by atoms with van der Waals surface area (Å²) < 4.78 is 0.0417. The number of nitrogens with zero attached hydrogens (tertiary/aromatic N) is 5. The van der Waals surface area contributed by atoms with Crippen molar-refractivity contribution in [3.63, 3.8) is 0 Å². The van der Waals surface area contributed by atoms with E-state index in [9.17, 15) is 24.7 Å². The Morgan fingerprint density at radius 3 is 2.88 bits per heavy atom. The standard InChI is InChI=1S/C16H13ClN8O5S3/c17-11-7(21-16(18)33-11)8(23-30)12(26)20-9-13(27)25-10(15(28)29)5(4-32-14(9)25)1-2-31-6-3-19-24-22-6/h1-3,9,14,30H,4H2,(H2,18,21)(H,20,26)(H,28,29)(H,19,22,24)/b2-1?,23-8-/t9-,14-/m1/s1. The number of oxime groups is 1. The molecule has 0 saturated carbocycles. The zero-order chi connectivity index (χ0) is 23.7. The number of carboxylic acids is 1. The summed E-state index contributed by atoms with van der Waals surface area (Å²) in [6, 6.07) is -1.03. The number of allylic oxidation sites excluding steroid dienone is 1. The van der Waals surface area contributed by atoms with Crippen molar-refractivity contribution >= 4 is 75.1 Å². The van der Waals surface area contributed by atoms with Crippen LogP contribution in [0, 0.1) is 0 Å². The summed E-state index contributed by atoms with van der Waals surface area (Å²) in [7, 11) is 0. The molecule has 2 aliphatic rings. The fraction of sp³-hybridized carbons (Fsp3) is 0.188. The van der Waals surface area contributed by atoms with Crippen molar-refractivity contribution in [3.05, 3.63) is 39.0 Å². The summed E-state index contributed by atoms with van der Waals surface area (Å²) in [5.41, 5.74) is 5.18. The molecule has 4 rings (SSSR count). The number of amides is 2. The Morgan fingerprint density at radius 2 is 2.27 bits per heavy atom. The smallest absolute Gasteiger partial charge is 0.352 e. The van der Waals surface area contributed by atoms with Gasteiger partial charge in [-0.05, 0) is 17.1 Å². The van der Waals surface area contributed by atoms with Crippen LogP contribution in [0.1, 0.15) is 5.69 Å². The molecule has 0 aliphatic carbocycles. The number of aliphatic carboxylic acids is 1. The van der Waals surface area contributed by atoms with Crippen LogP contribution in [-0.4, -0.2) is 76.3 Å². The number of carbonyl (C=O) groups is 3. The Balaban J connectivity index is 1.49. The highest BCUT2D eigenvalue weighted by Crippen LogP contribution is 2.41. The van der Waals surface area contributed by atoms with E-state index in [2.05, 4.69) is 30.9 Å². The molecule has 33 heavy (non-hydrogen) atoms. The summed E-state index contributed by atoms with van der Waals surface area (Å²) in [6.07, 6.45) is 3.10. The number of carboxylic acid groups (broad SMARTS) is 1. The number of aromatic amines is 1. The van der Waals surface area contributed by atoms with Crippen molar-refractivity contribution in [1.82, 2.24) is 30.6 Å². The molecule has 172 valence electrons. The summed E-state index contributed by atoms with van der Waals surface area (Å²) in [5, 5.41) is 36.0. The first-order valence-electron chi connectivity index (χ1n) is 8.87.